The van der Waals surface area contributed by atoms with Gasteiger partial charge in [-0.3, -0.25) is 14.6 Å². The number of H-pyrrole nitrogens is 2. The van der Waals surface area contributed by atoms with Crippen molar-refractivity contribution in [1.82, 2.24) is 29.9 Å². The van der Waals surface area contributed by atoms with Gasteiger partial charge in [-0.2, -0.15) is 10.2 Å². The first kappa shape index (κ1) is 8.84. The second-order valence-corrected chi connectivity index (χ2v) is 3.45. The molecule has 0 radical (unpaired) electrons. The molecule has 3 heterocycles. The van der Waals surface area contributed by atoms with E-state index in [0.29, 0.717) is 16.9 Å². The van der Waals surface area contributed by atoms with Gasteiger partial charge in [0.1, 0.15) is 11.2 Å². The second-order valence-electron chi connectivity index (χ2n) is 3.45. The van der Waals surface area contributed by atoms with Gasteiger partial charge in [-0.15, -0.1) is 0 Å². The largest absolute Gasteiger partial charge is 0.306 e. The van der Waals surface area contributed by atoms with Crippen LogP contribution < -0.4 is 5.56 Å². The summed E-state index contributed by atoms with van der Waals surface area (Å²) in [4.78, 5) is 18.6. The molecule has 0 aliphatic carbocycles. The lowest BCUT2D eigenvalue weighted by molar-refractivity contribution is 0.768. The minimum Gasteiger partial charge on any atom is -0.306 e. The molecular weight excluding hydrogens is 208 g/mol. The van der Waals surface area contributed by atoms with Gasteiger partial charge in [-0.25, -0.2) is 4.98 Å². The quantitative estimate of drug-likeness (QED) is 0.601. The lowest BCUT2D eigenvalue weighted by Gasteiger charge is -1.95. The molecule has 16 heavy (non-hydrogen) atoms. The number of nitrogens with one attached hydrogen (secondary N) is 2. The van der Waals surface area contributed by atoms with Gasteiger partial charge in [-0.1, -0.05) is 0 Å². The number of fused-ring (bicyclic) bond motifs is 1. The fourth-order valence-corrected chi connectivity index (χ4v) is 1.53. The monoisotopic (exact) mass is 216 g/mol. The molecule has 0 aliphatic rings. The number of aryl methyl sites for hydroxylation is 1. The number of rotatable bonds is 1. The van der Waals surface area contributed by atoms with E-state index in [1.54, 1.807) is 24.1 Å². The van der Waals surface area contributed by atoms with Crippen LogP contribution in [0.1, 0.15) is 0 Å². The van der Waals surface area contributed by atoms with Gasteiger partial charge in [0.05, 0.1) is 18.0 Å². The first-order chi connectivity index (χ1) is 7.74. The highest BCUT2D eigenvalue weighted by Gasteiger charge is 2.08. The van der Waals surface area contributed by atoms with E-state index < -0.39 is 0 Å². The zero-order valence-electron chi connectivity index (χ0n) is 8.43. The van der Waals surface area contributed by atoms with Crippen LogP contribution in [0.15, 0.2) is 23.4 Å². The summed E-state index contributed by atoms with van der Waals surface area (Å²) in [6.45, 7) is 0. The lowest BCUT2D eigenvalue weighted by atomic mass is 10.3. The molecule has 0 spiro atoms. The summed E-state index contributed by atoms with van der Waals surface area (Å²) in [5.41, 5.74) is 1.02. The Morgan fingerprint density at radius 2 is 2.25 bits per heavy atom. The van der Waals surface area contributed by atoms with Crippen LogP contribution >= 0.6 is 0 Å². The van der Waals surface area contributed by atoms with Crippen LogP contribution in [0.2, 0.25) is 0 Å². The zero-order valence-corrected chi connectivity index (χ0v) is 8.43. The molecule has 3 rings (SSSR count). The van der Waals surface area contributed by atoms with Crippen LogP contribution in [0.25, 0.3) is 22.4 Å². The Bertz CT molecular complexity index is 706. The summed E-state index contributed by atoms with van der Waals surface area (Å²) in [6.07, 6.45) is 4.87. The minimum absolute atomic E-state index is 0.211. The van der Waals surface area contributed by atoms with E-state index in [9.17, 15) is 4.79 Å². The molecule has 7 heteroatoms. The zero-order chi connectivity index (χ0) is 11.1. The average Bonchev–Trinajstić information content (AvgIpc) is 2.85. The molecule has 0 bridgehead atoms. The third-order valence-electron chi connectivity index (χ3n) is 2.30. The van der Waals surface area contributed by atoms with E-state index in [4.69, 9.17) is 0 Å². The van der Waals surface area contributed by atoms with Gasteiger partial charge >= 0.3 is 0 Å². The van der Waals surface area contributed by atoms with E-state index in [0.717, 1.165) is 5.56 Å². The van der Waals surface area contributed by atoms with Crippen molar-refractivity contribution >= 4 is 11.0 Å². The molecule has 0 saturated carbocycles. The SMILES string of the molecule is Cn1cc(-c2nc3[nH]ncc3c(=O)[nH]2)cn1. The molecule has 3 aromatic rings. The predicted octanol–water partition coefficient (Wildman–Crippen LogP) is 0.0467. The molecule has 3 aromatic heterocycles. The molecule has 0 unspecified atom stereocenters. The molecule has 0 aromatic carbocycles. The molecule has 0 aliphatic heterocycles. The molecule has 0 fully saturated rings. The van der Waals surface area contributed by atoms with E-state index in [1.807, 2.05) is 0 Å². The topological polar surface area (TPSA) is 92.2 Å². The lowest BCUT2D eigenvalue weighted by Crippen LogP contribution is -2.08. The van der Waals surface area contributed by atoms with Gasteiger partial charge < -0.3 is 4.98 Å². The van der Waals surface area contributed by atoms with Crippen LogP contribution in [0.5, 0.6) is 0 Å². The summed E-state index contributed by atoms with van der Waals surface area (Å²) in [5.74, 6) is 0.481. The Balaban J connectivity index is 2.28. The number of hydrogen-bond acceptors (Lipinski definition) is 4. The maximum atomic E-state index is 11.7. The highest BCUT2D eigenvalue weighted by atomic mass is 16.1. The van der Waals surface area contributed by atoms with Crippen molar-refractivity contribution in [3.8, 4) is 11.4 Å². The van der Waals surface area contributed by atoms with Crippen LogP contribution in [0, 0.1) is 0 Å². The fraction of sp³-hybridized carbons (Fsp3) is 0.111. The van der Waals surface area contributed by atoms with Crippen molar-refractivity contribution in [1.29, 1.82) is 0 Å². The van der Waals surface area contributed by atoms with E-state index in [-0.39, 0.29) is 5.56 Å². The Hall–Kier alpha value is -2.44. The van der Waals surface area contributed by atoms with E-state index >= 15 is 0 Å². The molecule has 0 saturated heterocycles. The van der Waals surface area contributed by atoms with Crippen molar-refractivity contribution < 1.29 is 0 Å². The number of nitrogens with zero attached hydrogens (tertiary/aromatic N) is 4. The molecule has 0 atom stereocenters. The van der Waals surface area contributed by atoms with Crippen LogP contribution in [-0.4, -0.2) is 29.9 Å². The average molecular weight is 216 g/mol. The third kappa shape index (κ3) is 1.22. The Labute approximate surface area is 89.1 Å². The maximum Gasteiger partial charge on any atom is 0.262 e. The molecule has 2 N–H and O–H groups in total. The van der Waals surface area contributed by atoms with Gasteiger partial charge in [-0.05, 0) is 0 Å². The van der Waals surface area contributed by atoms with Crippen LogP contribution in [-0.2, 0) is 7.05 Å². The van der Waals surface area contributed by atoms with Crippen molar-refractivity contribution in [2.75, 3.05) is 0 Å². The first-order valence-corrected chi connectivity index (χ1v) is 4.66. The summed E-state index contributed by atoms with van der Waals surface area (Å²) in [6, 6.07) is 0. The Kier molecular flexibility index (Phi) is 1.67. The van der Waals surface area contributed by atoms with E-state index in [2.05, 4.69) is 25.3 Å². The maximum absolute atomic E-state index is 11.7. The number of hydrogen-bond donors (Lipinski definition) is 2. The highest BCUT2D eigenvalue weighted by molar-refractivity contribution is 5.74. The molecule has 0 amide bonds. The third-order valence-corrected chi connectivity index (χ3v) is 2.30. The van der Waals surface area contributed by atoms with Gasteiger partial charge in [0.2, 0.25) is 0 Å². The van der Waals surface area contributed by atoms with E-state index in [1.165, 1.54) is 6.20 Å². The Morgan fingerprint density at radius 3 is 3.00 bits per heavy atom. The summed E-state index contributed by atoms with van der Waals surface area (Å²) in [7, 11) is 1.80. The van der Waals surface area contributed by atoms with Crippen molar-refractivity contribution in [3.05, 3.63) is 28.9 Å². The standard InChI is InChI=1S/C9H8N6O/c1-15-4-5(2-11-15)7-12-8-6(3-10-14-8)9(16)13-7/h2-4H,1H3,(H2,10,12,13,14,16). The normalized spacial score (nSPS) is 11.1. The van der Waals surface area contributed by atoms with Crippen LogP contribution in [0.3, 0.4) is 0 Å². The smallest absolute Gasteiger partial charge is 0.262 e. The molecular formula is C9H8N6O. The second kappa shape index (κ2) is 3.02. The number of aromatic amines is 2. The molecule has 7 nitrogen and oxygen atoms in total. The van der Waals surface area contributed by atoms with Crippen molar-refractivity contribution in [2.45, 2.75) is 0 Å². The van der Waals surface area contributed by atoms with Crippen LogP contribution in [0.4, 0.5) is 0 Å². The fourth-order valence-electron chi connectivity index (χ4n) is 1.53. The van der Waals surface area contributed by atoms with Crippen molar-refractivity contribution in [3.63, 3.8) is 0 Å². The minimum atomic E-state index is -0.211. The van der Waals surface area contributed by atoms with Gasteiger partial charge in [0.15, 0.2) is 5.65 Å². The predicted molar refractivity (Wildman–Crippen MR) is 56.7 cm³/mol. The molecule has 80 valence electrons. The Morgan fingerprint density at radius 1 is 1.38 bits per heavy atom. The summed E-state index contributed by atoms with van der Waals surface area (Å²) < 4.78 is 1.65. The van der Waals surface area contributed by atoms with Crippen molar-refractivity contribution in [2.24, 2.45) is 7.05 Å². The highest BCUT2D eigenvalue weighted by Crippen LogP contribution is 2.13. The summed E-state index contributed by atoms with van der Waals surface area (Å²) in [5, 5.41) is 10.9. The number of aromatic nitrogens is 6. The first-order valence-electron chi connectivity index (χ1n) is 4.66. The van der Waals surface area contributed by atoms with Gasteiger partial charge in [0.25, 0.3) is 5.56 Å². The summed E-state index contributed by atoms with van der Waals surface area (Å²) >= 11 is 0. The van der Waals surface area contributed by atoms with Gasteiger partial charge in [0, 0.05) is 13.2 Å².